The molecule has 19 heavy (non-hydrogen) atoms. The summed E-state index contributed by atoms with van der Waals surface area (Å²) in [4.78, 5) is 0. The average molecular weight is 330 g/mol. The van der Waals surface area contributed by atoms with Crippen LogP contribution in [0.15, 0.2) is 22.7 Å². The van der Waals surface area contributed by atoms with Crippen LogP contribution in [0.4, 0.5) is 4.39 Å². The van der Waals surface area contributed by atoms with Crippen LogP contribution in [0.3, 0.4) is 0 Å². The first-order valence-corrected chi connectivity index (χ1v) is 7.65. The minimum atomic E-state index is -0.814. The van der Waals surface area contributed by atoms with E-state index >= 15 is 0 Å². The first-order chi connectivity index (χ1) is 8.96. The third kappa shape index (κ3) is 4.55. The molecule has 2 unspecified atom stereocenters. The minimum Gasteiger partial charge on any atom is -0.390 e. The molecule has 2 nitrogen and oxygen atoms in total. The largest absolute Gasteiger partial charge is 0.390 e. The molecule has 0 amide bonds. The summed E-state index contributed by atoms with van der Waals surface area (Å²) in [7, 11) is 0. The topological polar surface area (TPSA) is 32.3 Å². The summed E-state index contributed by atoms with van der Waals surface area (Å²) in [5, 5.41) is 14.0. The van der Waals surface area contributed by atoms with Crippen LogP contribution in [-0.2, 0) is 6.42 Å². The predicted molar refractivity (Wildman–Crippen MR) is 78.7 cm³/mol. The number of piperidine rings is 1. The van der Waals surface area contributed by atoms with Gasteiger partial charge in [0.05, 0.1) is 5.60 Å². The fraction of sp³-hybridized carbons (Fsp3) is 0.600. The summed E-state index contributed by atoms with van der Waals surface area (Å²) in [6.07, 6.45) is 4.71. The Morgan fingerprint density at radius 2 is 2.26 bits per heavy atom. The van der Waals surface area contributed by atoms with Crippen LogP contribution in [0, 0.1) is 5.82 Å². The highest BCUT2D eigenvalue weighted by atomic mass is 79.9. The number of benzene rings is 1. The Labute approximate surface area is 122 Å². The first kappa shape index (κ1) is 14.9. The fourth-order valence-corrected chi connectivity index (χ4v) is 3.18. The smallest absolute Gasteiger partial charge is 0.123 e. The Balaban J connectivity index is 2.00. The molecule has 1 fully saturated rings. The molecule has 2 rings (SSSR count). The van der Waals surface area contributed by atoms with E-state index in [2.05, 4.69) is 21.2 Å². The zero-order chi connectivity index (χ0) is 13.9. The second kappa shape index (κ2) is 6.33. The highest BCUT2D eigenvalue weighted by Gasteiger charge is 2.27. The van der Waals surface area contributed by atoms with Crippen molar-refractivity contribution in [2.45, 2.75) is 50.7 Å². The van der Waals surface area contributed by atoms with Gasteiger partial charge in [-0.3, -0.25) is 0 Å². The number of nitrogens with one attached hydrogen (secondary N) is 1. The molecule has 0 saturated carbocycles. The summed E-state index contributed by atoms with van der Waals surface area (Å²) in [6.45, 7) is 2.87. The van der Waals surface area contributed by atoms with E-state index in [0.717, 1.165) is 23.0 Å². The molecule has 4 heteroatoms. The number of aliphatic hydroxyl groups is 1. The Morgan fingerprint density at radius 1 is 1.47 bits per heavy atom. The van der Waals surface area contributed by atoms with E-state index in [-0.39, 0.29) is 5.82 Å². The van der Waals surface area contributed by atoms with E-state index in [1.165, 1.54) is 25.0 Å². The lowest BCUT2D eigenvalue weighted by Gasteiger charge is -2.32. The van der Waals surface area contributed by atoms with Gasteiger partial charge in [-0.15, -0.1) is 0 Å². The quantitative estimate of drug-likeness (QED) is 0.887. The van der Waals surface area contributed by atoms with Crippen molar-refractivity contribution in [2.75, 3.05) is 6.54 Å². The monoisotopic (exact) mass is 329 g/mol. The van der Waals surface area contributed by atoms with E-state index < -0.39 is 5.60 Å². The van der Waals surface area contributed by atoms with Crippen LogP contribution >= 0.6 is 15.9 Å². The van der Waals surface area contributed by atoms with Crippen molar-refractivity contribution in [3.8, 4) is 0 Å². The lowest BCUT2D eigenvalue weighted by Crippen LogP contribution is -2.41. The number of hydrogen-bond donors (Lipinski definition) is 2. The van der Waals surface area contributed by atoms with Crippen LogP contribution in [0.2, 0.25) is 0 Å². The van der Waals surface area contributed by atoms with Gasteiger partial charge in [0.15, 0.2) is 0 Å². The standard InChI is InChI=1S/C15H21BrFNO/c1-15(19,10-13-4-2-3-7-18-13)9-11-8-12(17)5-6-14(11)16/h5-6,8,13,18-19H,2-4,7,9-10H2,1H3. The molecule has 1 aromatic carbocycles. The fourth-order valence-electron chi connectivity index (χ4n) is 2.79. The molecule has 1 aliphatic heterocycles. The average Bonchev–Trinajstić information content (AvgIpc) is 2.34. The number of rotatable bonds is 4. The summed E-state index contributed by atoms with van der Waals surface area (Å²) in [6, 6.07) is 4.98. The lowest BCUT2D eigenvalue weighted by molar-refractivity contribution is 0.0369. The van der Waals surface area contributed by atoms with Crippen molar-refractivity contribution in [3.05, 3.63) is 34.1 Å². The van der Waals surface area contributed by atoms with Crippen molar-refractivity contribution in [2.24, 2.45) is 0 Å². The maximum atomic E-state index is 13.3. The SMILES string of the molecule is CC(O)(Cc1cc(F)ccc1Br)CC1CCCCN1. The van der Waals surface area contributed by atoms with Crippen LogP contribution in [-0.4, -0.2) is 23.3 Å². The van der Waals surface area contributed by atoms with Crippen LogP contribution < -0.4 is 5.32 Å². The molecule has 1 aromatic rings. The molecule has 2 atom stereocenters. The molecular formula is C15H21BrFNO. The highest BCUT2D eigenvalue weighted by Crippen LogP contribution is 2.26. The molecule has 106 valence electrons. The van der Waals surface area contributed by atoms with Gasteiger partial charge in [-0.1, -0.05) is 22.4 Å². The van der Waals surface area contributed by atoms with Crippen molar-refractivity contribution >= 4 is 15.9 Å². The third-order valence-corrected chi connectivity index (χ3v) is 4.45. The van der Waals surface area contributed by atoms with Gasteiger partial charge in [0.1, 0.15) is 5.82 Å². The Bertz CT molecular complexity index is 430. The van der Waals surface area contributed by atoms with E-state index in [1.807, 2.05) is 6.92 Å². The zero-order valence-corrected chi connectivity index (χ0v) is 12.8. The van der Waals surface area contributed by atoms with Gasteiger partial charge in [-0.2, -0.15) is 0 Å². The van der Waals surface area contributed by atoms with Crippen LogP contribution in [0.25, 0.3) is 0 Å². The molecule has 0 spiro atoms. The molecule has 0 bridgehead atoms. The van der Waals surface area contributed by atoms with Gasteiger partial charge in [0.25, 0.3) is 0 Å². The van der Waals surface area contributed by atoms with Gasteiger partial charge in [-0.05, 0) is 56.5 Å². The normalized spacial score (nSPS) is 23.1. The molecule has 0 aromatic heterocycles. The van der Waals surface area contributed by atoms with E-state index in [1.54, 1.807) is 6.07 Å². The maximum Gasteiger partial charge on any atom is 0.123 e. The summed E-state index contributed by atoms with van der Waals surface area (Å²) >= 11 is 3.41. The van der Waals surface area contributed by atoms with Crippen molar-refractivity contribution in [1.82, 2.24) is 5.32 Å². The third-order valence-electron chi connectivity index (χ3n) is 3.68. The molecular weight excluding hydrogens is 309 g/mol. The Kier molecular flexibility index (Phi) is 4.98. The molecule has 1 heterocycles. The molecule has 1 saturated heterocycles. The second-order valence-corrected chi connectivity index (χ2v) is 6.61. The summed E-state index contributed by atoms with van der Waals surface area (Å²) in [5.41, 5.74) is 0.00603. The van der Waals surface area contributed by atoms with E-state index in [4.69, 9.17) is 0 Å². The molecule has 0 aliphatic carbocycles. The zero-order valence-electron chi connectivity index (χ0n) is 11.3. The van der Waals surface area contributed by atoms with Gasteiger partial charge in [0, 0.05) is 16.9 Å². The number of halogens is 2. The van der Waals surface area contributed by atoms with E-state index in [9.17, 15) is 9.50 Å². The van der Waals surface area contributed by atoms with Crippen molar-refractivity contribution < 1.29 is 9.50 Å². The van der Waals surface area contributed by atoms with Gasteiger partial charge in [-0.25, -0.2) is 4.39 Å². The number of hydrogen-bond acceptors (Lipinski definition) is 2. The van der Waals surface area contributed by atoms with Gasteiger partial charge >= 0.3 is 0 Å². The van der Waals surface area contributed by atoms with Gasteiger partial charge < -0.3 is 10.4 Å². The van der Waals surface area contributed by atoms with Gasteiger partial charge in [0.2, 0.25) is 0 Å². The minimum absolute atomic E-state index is 0.259. The molecule has 2 N–H and O–H groups in total. The van der Waals surface area contributed by atoms with E-state index in [0.29, 0.717) is 18.9 Å². The summed E-state index contributed by atoms with van der Waals surface area (Å²) in [5.74, 6) is -0.259. The predicted octanol–water partition coefficient (Wildman–Crippen LogP) is 3.41. The first-order valence-electron chi connectivity index (χ1n) is 6.86. The molecule has 0 radical (unpaired) electrons. The Hall–Kier alpha value is -0.450. The summed E-state index contributed by atoms with van der Waals surface area (Å²) < 4.78 is 14.1. The lowest BCUT2D eigenvalue weighted by atomic mass is 9.87. The second-order valence-electron chi connectivity index (χ2n) is 5.76. The maximum absolute atomic E-state index is 13.3. The van der Waals surface area contributed by atoms with Crippen molar-refractivity contribution in [3.63, 3.8) is 0 Å². The van der Waals surface area contributed by atoms with Crippen LogP contribution in [0.1, 0.15) is 38.2 Å². The van der Waals surface area contributed by atoms with Crippen LogP contribution in [0.5, 0.6) is 0 Å². The molecule has 1 aliphatic rings. The van der Waals surface area contributed by atoms with Crippen molar-refractivity contribution in [1.29, 1.82) is 0 Å². The highest BCUT2D eigenvalue weighted by molar-refractivity contribution is 9.10. The Morgan fingerprint density at radius 3 is 2.95 bits per heavy atom.